The van der Waals surface area contributed by atoms with Crippen LogP contribution in [0.1, 0.15) is 61.8 Å². The van der Waals surface area contributed by atoms with Gasteiger partial charge in [-0.3, -0.25) is 4.57 Å². The first-order valence-electron chi connectivity index (χ1n) is 9.14. The molecule has 1 aliphatic rings. The molecule has 1 aliphatic carbocycles. The Bertz CT molecular complexity index is 773. The normalized spacial score (nSPS) is 17.0. The Kier molecular flexibility index (Phi) is 6.06. The molecule has 0 saturated heterocycles. The van der Waals surface area contributed by atoms with Crippen molar-refractivity contribution in [3.63, 3.8) is 0 Å². The van der Waals surface area contributed by atoms with Gasteiger partial charge in [-0.2, -0.15) is 0 Å². The predicted molar refractivity (Wildman–Crippen MR) is 107 cm³/mol. The monoisotopic (exact) mass is 361 g/mol. The van der Waals surface area contributed by atoms with Crippen molar-refractivity contribution >= 4 is 39.6 Å². The quantitative estimate of drug-likeness (QED) is 0.542. The van der Waals surface area contributed by atoms with Crippen molar-refractivity contribution in [1.82, 2.24) is 9.55 Å². The highest BCUT2D eigenvalue weighted by atomic mass is 32.1. The number of hydrogen-bond donors (Lipinski definition) is 1. The van der Waals surface area contributed by atoms with Gasteiger partial charge in [0, 0.05) is 11.4 Å². The second-order valence-corrected chi connectivity index (χ2v) is 8.14. The lowest BCUT2D eigenvalue weighted by Gasteiger charge is -2.11. The van der Waals surface area contributed by atoms with Crippen molar-refractivity contribution in [2.45, 2.75) is 70.8 Å². The zero-order valence-corrected chi connectivity index (χ0v) is 16.0. The van der Waals surface area contributed by atoms with Gasteiger partial charge in [0.2, 0.25) is 4.77 Å². The minimum Gasteiger partial charge on any atom is -0.384 e. The molecule has 3 nitrogen and oxygen atoms in total. The van der Waals surface area contributed by atoms with E-state index in [4.69, 9.17) is 18.0 Å². The highest BCUT2D eigenvalue weighted by molar-refractivity contribution is 7.71. The van der Waals surface area contributed by atoms with Gasteiger partial charge < -0.3 is 5.73 Å². The van der Waals surface area contributed by atoms with Crippen molar-refractivity contribution in [2.75, 3.05) is 5.73 Å². The van der Waals surface area contributed by atoms with Crippen LogP contribution in [0, 0.1) is 4.77 Å². The number of aromatic nitrogens is 2. The summed E-state index contributed by atoms with van der Waals surface area (Å²) in [7, 11) is 0. The maximum Gasteiger partial charge on any atom is 0.202 e. The van der Waals surface area contributed by atoms with Gasteiger partial charge in [0.25, 0.3) is 0 Å². The van der Waals surface area contributed by atoms with Crippen LogP contribution in [-0.4, -0.2) is 9.55 Å². The molecule has 0 radical (unpaired) electrons. The standard InChI is InChI=1S/C19H27N3S2/c1-2-13-22-17(20)16-14-11-9-7-5-3-4-6-8-10-12-15(14)24-18(16)21-19(22)23/h2H,1,3-13,20H2. The number of nitrogens with zero attached hydrogens (tertiary/aromatic N) is 2. The molecule has 0 amide bonds. The van der Waals surface area contributed by atoms with Gasteiger partial charge in [0.05, 0.1) is 5.39 Å². The maximum atomic E-state index is 6.51. The van der Waals surface area contributed by atoms with E-state index in [1.54, 1.807) is 0 Å². The molecule has 0 fully saturated rings. The molecule has 0 aromatic carbocycles. The van der Waals surface area contributed by atoms with E-state index in [1.165, 1.54) is 61.8 Å². The fourth-order valence-corrected chi connectivity index (χ4v) is 5.24. The molecule has 3 rings (SSSR count). The van der Waals surface area contributed by atoms with Crippen LogP contribution in [0.25, 0.3) is 10.2 Å². The van der Waals surface area contributed by atoms with Crippen LogP contribution in [-0.2, 0) is 19.4 Å². The number of nitrogens with two attached hydrogens (primary N) is 1. The Balaban J connectivity index is 2.06. The Morgan fingerprint density at radius 2 is 1.71 bits per heavy atom. The Morgan fingerprint density at radius 3 is 2.38 bits per heavy atom. The third kappa shape index (κ3) is 3.72. The van der Waals surface area contributed by atoms with E-state index < -0.39 is 0 Å². The van der Waals surface area contributed by atoms with E-state index in [0.29, 0.717) is 11.3 Å². The van der Waals surface area contributed by atoms with Gasteiger partial charge in [-0.15, -0.1) is 17.9 Å². The number of anilines is 1. The van der Waals surface area contributed by atoms with Crippen LogP contribution in [0.2, 0.25) is 0 Å². The summed E-state index contributed by atoms with van der Waals surface area (Å²) in [6.45, 7) is 4.44. The zero-order chi connectivity index (χ0) is 16.9. The second-order valence-electron chi connectivity index (χ2n) is 6.69. The molecule has 2 N–H and O–H groups in total. The lowest BCUT2D eigenvalue weighted by Crippen LogP contribution is -2.08. The van der Waals surface area contributed by atoms with E-state index >= 15 is 0 Å². The summed E-state index contributed by atoms with van der Waals surface area (Å²) in [5.74, 6) is 0.773. The molecule has 2 aromatic rings. The number of thiophene rings is 1. The van der Waals surface area contributed by atoms with Crippen LogP contribution >= 0.6 is 23.6 Å². The molecule has 0 saturated carbocycles. The van der Waals surface area contributed by atoms with E-state index in [-0.39, 0.29) is 0 Å². The van der Waals surface area contributed by atoms with Gasteiger partial charge in [0.1, 0.15) is 10.6 Å². The van der Waals surface area contributed by atoms with Crippen LogP contribution < -0.4 is 5.73 Å². The first-order valence-corrected chi connectivity index (χ1v) is 10.4. The Morgan fingerprint density at radius 1 is 1.08 bits per heavy atom. The lowest BCUT2D eigenvalue weighted by atomic mass is 9.98. The van der Waals surface area contributed by atoms with Crippen molar-refractivity contribution in [3.8, 4) is 0 Å². The topological polar surface area (TPSA) is 43.8 Å². The third-order valence-electron chi connectivity index (χ3n) is 4.94. The van der Waals surface area contributed by atoms with Gasteiger partial charge in [-0.05, 0) is 43.5 Å². The molecular weight excluding hydrogens is 334 g/mol. The Hall–Kier alpha value is -1.20. The maximum absolute atomic E-state index is 6.51. The first-order chi connectivity index (χ1) is 11.7. The van der Waals surface area contributed by atoms with Crippen molar-refractivity contribution in [3.05, 3.63) is 27.9 Å². The summed E-state index contributed by atoms with van der Waals surface area (Å²) in [4.78, 5) is 7.18. The van der Waals surface area contributed by atoms with E-state index in [1.807, 2.05) is 22.0 Å². The third-order valence-corrected chi connectivity index (χ3v) is 6.44. The number of allylic oxidation sites excluding steroid dienone is 1. The lowest BCUT2D eigenvalue weighted by molar-refractivity contribution is 0.562. The molecule has 24 heavy (non-hydrogen) atoms. The molecule has 2 aromatic heterocycles. The smallest absolute Gasteiger partial charge is 0.202 e. The van der Waals surface area contributed by atoms with Crippen molar-refractivity contribution < 1.29 is 0 Å². The summed E-state index contributed by atoms with van der Waals surface area (Å²) in [6, 6.07) is 0. The summed E-state index contributed by atoms with van der Waals surface area (Å²) in [6.07, 6.45) is 14.8. The van der Waals surface area contributed by atoms with Crippen LogP contribution in [0.15, 0.2) is 12.7 Å². The largest absolute Gasteiger partial charge is 0.384 e. The number of hydrogen-bond acceptors (Lipinski definition) is 4. The minimum atomic E-state index is 0.567. The van der Waals surface area contributed by atoms with Crippen molar-refractivity contribution in [2.24, 2.45) is 0 Å². The SMILES string of the molecule is C=CCn1c(N)c2c3c(sc2nc1=S)CCCCCCCCCC3. The van der Waals surface area contributed by atoms with E-state index in [0.717, 1.165) is 28.9 Å². The van der Waals surface area contributed by atoms with Gasteiger partial charge in [0.15, 0.2) is 0 Å². The Labute approximate surface area is 153 Å². The number of fused-ring (bicyclic) bond motifs is 3. The van der Waals surface area contributed by atoms with E-state index in [2.05, 4.69) is 11.6 Å². The second kappa shape index (κ2) is 8.26. The molecule has 0 spiro atoms. The molecular formula is C19H27N3S2. The van der Waals surface area contributed by atoms with Crippen LogP contribution in [0.3, 0.4) is 0 Å². The average Bonchev–Trinajstić information content (AvgIpc) is 2.89. The van der Waals surface area contributed by atoms with Gasteiger partial charge in [-0.25, -0.2) is 4.98 Å². The number of aryl methyl sites for hydroxylation is 2. The average molecular weight is 362 g/mol. The fourth-order valence-electron chi connectivity index (χ4n) is 3.65. The zero-order valence-electron chi connectivity index (χ0n) is 14.4. The number of nitrogen functional groups attached to an aromatic ring is 1. The minimum absolute atomic E-state index is 0.567. The highest BCUT2D eigenvalue weighted by Gasteiger charge is 2.18. The summed E-state index contributed by atoms with van der Waals surface area (Å²) in [5, 5.41) is 1.16. The van der Waals surface area contributed by atoms with E-state index in [9.17, 15) is 0 Å². The molecule has 0 aliphatic heterocycles. The molecule has 0 atom stereocenters. The fraction of sp³-hybridized carbons (Fsp3) is 0.579. The van der Waals surface area contributed by atoms with Crippen molar-refractivity contribution in [1.29, 1.82) is 0 Å². The molecule has 130 valence electrons. The molecule has 0 unspecified atom stereocenters. The summed E-state index contributed by atoms with van der Waals surface area (Å²) >= 11 is 7.24. The summed E-state index contributed by atoms with van der Waals surface area (Å²) < 4.78 is 2.48. The van der Waals surface area contributed by atoms with Gasteiger partial charge in [-0.1, -0.05) is 44.6 Å². The van der Waals surface area contributed by atoms with Gasteiger partial charge >= 0.3 is 0 Å². The van der Waals surface area contributed by atoms with Crippen LogP contribution in [0.4, 0.5) is 5.82 Å². The molecule has 0 bridgehead atoms. The highest BCUT2D eigenvalue weighted by Crippen LogP contribution is 2.36. The van der Waals surface area contributed by atoms with Crippen LogP contribution in [0.5, 0.6) is 0 Å². The predicted octanol–water partition coefficient (Wildman–Crippen LogP) is 5.81. The first kappa shape index (κ1) is 17.6. The molecule has 2 heterocycles. The summed E-state index contributed by atoms with van der Waals surface area (Å²) in [5.41, 5.74) is 7.94. The molecule has 5 heteroatoms. The number of rotatable bonds is 2.